The van der Waals surface area contributed by atoms with Gasteiger partial charge in [-0.25, -0.2) is 9.59 Å². The molecule has 0 unspecified atom stereocenters. The maximum atomic E-state index is 11.7. The van der Waals surface area contributed by atoms with Gasteiger partial charge in [0.1, 0.15) is 0 Å². The highest BCUT2D eigenvalue weighted by molar-refractivity contribution is 6.01. The first-order valence-electron chi connectivity index (χ1n) is 6.64. The summed E-state index contributed by atoms with van der Waals surface area (Å²) in [4.78, 5) is 22.9. The van der Waals surface area contributed by atoms with E-state index in [1.54, 1.807) is 25.1 Å². The Balaban J connectivity index is 2.54. The van der Waals surface area contributed by atoms with Crippen molar-refractivity contribution in [2.75, 3.05) is 25.0 Å². The molecule has 2 amide bonds. The SMILES string of the molecule is CCNCCCNC(=O)Nc1cccc(C)c1C(=O)O. The number of amides is 2. The van der Waals surface area contributed by atoms with Crippen LogP contribution in [-0.2, 0) is 0 Å². The number of hydrogen-bond donors (Lipinski definition) is 4. The first-order chi connectivity index (χ1) is 9.56. The number of carbonyl (C=O) groups excluding carboxylic acids is 1. The topological polar surface area (TPSA) is 90.5 Å². The zero-order valence-corrected chi connectivity index (χ0v) is 11.8. The van der Waals surface area contributed by atoms with E-state index in [2.05, 4.69) is 16.0 Å². The van der Waals surface area contributed by atoms with Gasteiger partial charge in [0.05, 0.1) is 11.3 Å². The van der Waals surface area contributed by atoms with Crippen LogP contribution in [0.25, 0.3) is 0 Å². The predicted molar refractivity (Wildman–Crippen MR) is 78.3 cm³/mol. The Hall–Kier alpha value is -2.08. The molecule has 0 heterocycles. The molecule has 0 radical (unpaired) electrons. The fraction of sp³-hybridized carbons (Fsp3) is 0.429. The summed E-state index contributed by atoms with van der Waals surface area (Å²) in [7, 11) is 0. The molecule has 0 aliphatic carbocycles. The van der Waals surface area contributed by atoms with Crippen LogP contribution >= 0.6 is 0 Å². The summed E-state index contributed by atoms with van der Waals surface area (Å²) in [6.07, 6.45) is 0.820. The van der Waals surface area contributed by atoms with Crippen LogP contribution in [0.5, 0.6) is 0 Å². The molecule has 110 valence electrons. The minimum atomic E-state index is -1.05. The van der Waals surface area contributed by atoms with Gasteiger partial charge in [-0.1, -0.05) is 19.1 Å². The average Bonchev–Trinajstić information content (AvgIpc) is 2.38. The minimum Gasteiger partial charge on any atom is -0.478 e. The van der Waals surface area contributed by atoms with Crippen LogP contribution in [0.3, 0.4) is 0 Å². The van der Waals surface area contributed by atoms with E-state index in [0.717, 1.165) is 19.5 Å². The Kier molecular flexibility index (Phi) is 6.52. The lowest BCUT2D eigenvalue weighted by molar-refractivity contribution is 0.0697. The normalized spacial score (nSPS) is 10.1. The molecule has 0 aliphatic heterocycles. The quantitative estimate of drug-likeness (QED) is 0.573. The second-order valence-corrected chi connectivity index (χ2v) is 4.39. The predicted octanol–water partition coefficient (Wildman–Crippen LogP) is 1.81. The third kappa shape index (κ3) is 4.89. The van der Waals surface area contributed by atoms with Gasteiger partial charge in [0.25, 0.3) is 0 Å². The Bertz CT molecular complexity index is 475. The van der Waals surface area contributed by atoms with Gasteiger partial charge in [-0.3, -0.25) is 0 Å². The summed E-state index contributed by atoms with van der Waals surface area (Å²) in [5.41, 5.74) is 1.04. The largest absolute Gasteiger partial charge is 0.478 e. The summed E-state index contributed by atoms with van der Waals surface area (Å²) in [6.45, 7) is 5.99. The number of aryl methyl sites for hydroxylation is 1. The number of anilines is 1. The number of carboxylic acids is 1. The zero-order valence-electron chi connectivity index (χ0n) is 11.8. The van der Waals surface area contributed by atoms with Gasteiger partial charge in [0, 0.05) is 6.54 Å². The third-order valence-electron chi connectivity index (χ3n) is 2.80. The molecule has 0 saturated carbocycles. The molecule has 0 atom stereocenters. The van der Waals surface area contributed by atoms with E-state index in [1.807, 2.05) is 6.92 Å². The van der Waals surface area contributed by atoms with Crippen LogP contribution in [0.15, 0.2) is 18.2 Å². The van der Waals surface area contributed by atoms with Crippen LogP contribution in [0, 0.1) is 6.92 Å². The van der Waals surface area contributed by atoms with E-state index in [-0.39, 0.29) is 5.56 Å². The zero-order chi connectivity index (χ0) is 15.0. The van der Waals surface area contributed by atoms with E-state index in [9.17, 15) is 9.59 Å². The van der Waals surface area contributed by atoms with Gasteiger partial charge >= 0.3 is 12.0 Å². The van der Waals surface area contributed by atoms with E-state index in [0.29, 0.717) is 17.8 Å². The fourth-order valence-corrected chi connectivity index (χ4v) is 1.81. The highest BCUT2D eigenvalue weighted by Crippen LogP contribution is 2.19. The van der Waals surface area contributed by atoms with Gasteiger partial charge in [0.2, 0.25) is 0 Å². The van der Waals surface area contributed by atoms with Crippen LogP contribution in [0.1, 0.15) is 29.3 Å². The molecule has 0 saturated heterocycles. The highest BCUT2D eigenvalue weighted by Gasteiger charge is 2.14. The Labute approximate surface area is 118 Å². The maximum absolute atomic E-state index is 11.7. The van der Waals surface area contributed by atoms with Gasteiger partial charge in [-0.15, -0.1) is 0 Å². The molecule has 1 rings (SSSR count). The lowest BCUT2D eigenvalue weighted by Crippen LogP contribution is -2.31. The molecule has 0 aliphatic rings. The van der Waals surface area contributed by atoms with Gasteiger partial charge in [-0.2, -0.15) is 0 Å². The molecule has 6 heteroatoms. The first kappa shape index (κ1) is 16.0. The number of hydrogen-bond acceptors (Lipinski definition) is 3. The average molecular weight is 279 g/mol. The van der Waals surface area contributed by atoms with Crippen molar-refractivity contribution in [1.82, 2.24) is 10.6 Å². The molecular formula is C14H21N3O3. The van der Waals surface area contributed by atoms with Crippen molar-refractivity contribution < 1.29 is 14.7 Å². The number of carboxylic acid groups (broad SMARTS) is 1. The minimum absolute atomic E-state index is 0.121. The number of aromatic carboxylic acids is 1. The monoisotopic (exact) mass is 279 g/mol. The lowest BCUT2D eigenvalue weighted by atomic mass is 10.1. The molecule has 6 nitrogen and oxygen atoms in total. The third-order valence-corrected chi connectivity index (χ3v) is 2.80. The molecule has 1 aromatic carbocycles. The summed E-state index contributed by atoms with van der Waals surface area (Å²) in [5, 5.41) is 17.6. The second kappa shape index (κ2) is 8.16. The van der Waals surface area contributed by atoms with Crippen LogP contribution in [0.4, 0.5) is 10.5 Å². The smallest absolute Gasteiger partial charge is 0.338 e. The Morgan fingerprint density at radius 1 is 1.25 bits per heavy atom. The summed E-state index contributed by atoms with van der Waals surface area (Å²) < 4.78 is 0. The van der Waals surface area contributed by atoms with Crippen molar-refractivity contribution in [3.63, 3.8) is 0 Å². The highest BCUT2D eigenvalue weighted by atomic mass is 16.4. The molecular weight excluding hydrogens is 258 g/mol. The molecule has 20 heavy (non-hydrogen) atoms. The van der Waals surface area contributed by atoms with Crippen molar-refractivity contribution in [2.45, 2.75) is 20.3 Å². The second-order valence-electron chi connectivity index (χ2n) is 4.39. The van der Waals surface area contributed by atoms with E-state index in [4.69, 9.17) is 5.11 Å². The summed E-state index contributed by atoms with van der Waals surface area (Å²) in [6, 6.07) is 4.59. The fourth-order valence-electron chi connectivity index (χ4n) is 1.81. The molecule has 4 N–H and O–H groups in total. The molecule has 0 fully saturated rings. The molecule has 1 aromatic rings. The van der Waals surface area contributed by atoms with Crippen molar-refractivity contribution in [3.05, 3.63) is 29.3 Å². The van der Waals surface area contributed by atoms with E-state index < -0.39 is 12.0 Å². The number of urea groups is 1. The van der Waals surface area contributed by atoms with Crippen molar-refractivity contribution >= 4 is 17.7 Å². The van der Waals surface area contributed by atoms with E-state index in [1.165, 1.54) is 0 Å². The molecule has 0 spiro atoms. The molecule has 0 bridgehead atoms. The summed E-state index contributed by atoms with van der Waals surface area (Å²) in [5.74, 6) is -1.05. The summed E-state index contributed by atoms with van der Waals surface area (Å²) >= 11 is 0. The number of nitrogens with one attached hydrogen (secondary N) is 3. The van der Waals surface area contributed by atoms with Crippen LogP contribution < -0.4 is 16.0 Å². The maximum Gasteiger partial charge on any atom is 0.338 e. The number of carbonyl (C=O) groups is 2. The lowest BCUT2D eigenvalue weighted by Gasteiger charge is -2.11. The van der Waals surface area contributed by atoms with Gasteiger partial charge < -0.3 is 21.1 Å². The Morgan fingerprint density at radius 3 is 2.65 bits per heavy atom. The number of rotatable bonds is 7. The first-order valence-corrected chi connectivity index (χ1v) is 6.64. The standard InChI is InChI=1S/C14H21N3O3/c1-3-15-8-5-9-16-14(20)17-11-7-4-6-10(2)12(11)13(18)19/h4,6-7,15H,3,5,8-9H2,1-2H3,(H,18,19)(H2,16,17,20). The van der Waals surface area contributed by atoms with Crippen LogP contribution in [0.2, 0.25) is 0 Å². The van der Waals surface area contributed by atoms with Crippen molar-refractivity contribution in [1.29, 1.82) is 0 Å². The van der Waals surface area contributed by atoms with Gasteiger partial charge in [0.15, 0.2) is 0 Å². The Morgan fingerprint density at radius 2 is 2.00 bits per heavy atom. The van der Waals surface area contributed by atoms with Crippen LogP contribution in [-0.4, -0.2) is 36.7 Å². The van der Waals surface area contributed by atoms with E-state index >= 15 is 0 Å². The van der Waals surface area contributed by atoms with Gasteiger partial charge in [-0.05, 0) is 38.1 Å². The molecule has 0 aromatic heterocycles. The number of benzene rings is 1. The van der Waals surface area contributed by atoms with Crippen molar-refractivity contribution in [3.8, 4) is 0 Å². The van der Waals surface area contributed by atoms with Crippen molar-refractivity contribution in [2.24, 2.45) is 0 Å².